The molecule has 1 aliphatic heterocycles. The minimum absolute atomic E-state index is 0.0561. The Morgan fingerprint density at radius 2 is 1.91 bits per heavy atom. The van der Waals surface area contributed by atoms with Crippen LogP contribution in [0, 0.1) is 5.92 Å². The minimum atomic E-state index is -3.58. The highest BCUT2D eigenvalue weighted by Gasteiger charge is 2.26. The summed E-state index contributed by atoms with van der Waals surface area (Å²) >= 11 is 0. The Hall–Kier alpha value is -1.60. The zero-order valence-electron chi connectivity index (χ0n) is 13.4. The molecule has 1 amide bonds. The quantitative estimate of drug-likeness (QED) is 0.867. The van der Waals surface area contributed by atoms with Crippen LogP contribution in [0.15, 0.2) is 18.2 Å². The van der Waals surface area contributed by atoms with E-state index in [-0.39, 0.29) is 17.9 Å². The Balaban J connectivity index is 2.19. The molecule has 2 rings (SSSR count). The number of nitrogens with one attached hydrogen (secondary N) is 2. The Bertz CT molecular complexity index is 669. The second-order valence-corrected chi connectivity index (χ2v) is 7.56. The maximum atomic E-state index is 12.1. The third-order valence-electron chi connectivity index (χ3n) is 3.38. The monoisotopic (exact) mass is 325 g/mol. The lowest BCUT2D eigenvalue weighted by Crippen LogP contribution is -2.35. The molecule has 22 heavy (non-hydrogen) atoms. The molecule has 0 spiro atoms. The van der Waals surface area contributed by atoms with Crippen LogP contribution in [0.5, 0.6) is 0 Å². The fraction of sp³-hybridized carbons (Fsp3) is 0.533. The van der Waals surface area contributed by atoms with E-state index >= 15 is 0 Å². The number of amides is 1. The van der Waals surface area contributed by atoms with Crippen molar-refractivity contribution in [3.8, 4) is 0 Å². The molecular weight excluding hydrogens is 302 g/mol. The minimum Gasteiger partial charge on any atom is -0.312 e. The van der Waals surface area contributed by atoms with Crippen molar-refractivity contribution < 1.29 is 13.2 Å². The second kappa shape index (κ2) is 6.26. The van der Waals surface area contributed by atoms with Gasteiger partial charge in [-0.15, -0.1) is 0 Å². The summed E-state index contributed by atoms with van der Waals surface area (Å²) in [7, 11) is -3.58. The second-order valence-electron chi connectivity index (χ2n) is 6.12. The maximum Gasteiger partial charge on any atom is 0.299 e. The van der Waals surface area contributed by atoms with Crippen molar-refractivity contribution in [3.63, 3.8) is 0 Å². The standard InChI is InChI=1S/C15H23N3O3S/c1-10(2)15(19)18-8-7-12-9-13(5-6-14(12)18)17-22(20,21)16-11(3)4/h5-6,9-11,16-17H,7-8H2,1-4H3. The Labute approximate surface area is 132 Å². The molecular formula is C15H23N3O3S. The summed E-state index contributed by atoms with van der Waals surface area (Å²) in [5.41, 5.74) is 2.36. The van der Waals surface area contributed by atoms with E-state index in [2.05, 4.69) is 9.44 Å². The first kappa shape index (κ1) is 16.8. The van der Waals surface area contributed by atoms with Crippen molar-refractivity contribution in [2.24, 2.45) is 5.92 Å². The van der Waals surface area contributed by atoms with Gasteiger partial charge in [0.2, 0.25) is 5.91 Å². The van der Waals surface area contributed by atoms with Crippen LogP contribution in [0.3, 0.4) is 0 Å². The molecule has 0 saturated carbocycles. The Kier molecular flexibility index (Phi) is 4.77. The van der Waals surface area contributed by atoms with Crippen LogP contribution in [0.25, 0.3) is 0 Å². The van der Waals surface area contributed by atoms with Gasteiger partial charge in [0.15, 0.2) is 0 Å². The van der Waals surface area contributed by atoms with Crippen LogP contribution in [-0.4, -0.2) is 26.9 Å². The molecule has 0 radical (unpaired) electrons. The topological polar surface area (TPSA) is 78.5 Å². The van der Waals surface area contributed by atoms with E-state index in [1.165, 1.54) is 0 Å². The summed E-state index contributed by atoms with van der Waals surface area (Å²) in [5.74, 6) is 0.0351. The fourth-order valence-corrected chi connectivity index (χ4v) is 3.62. The number of anilines is 2. The van der Waals surface area contributed by atoms with E-state index in [0.717, 1.165) is 17.7 Å². The van der Waals surface area contributed by atoms with E-state index in [1.54, 1.807) is 36.9 Å². The van der Waals surface area contributed by atoms with Gasteiger partial charge in [-0.05, 0) is 44.0 Å². The van der Waals surface area contributed by atoms with Gasteiger partial charge in [0.1, 0.15) is 0 Å². The van der Waals surface area contributed by atoms with Gasteiger partial charge in [0.25, 0.3) is 10.2 Å². The fourth-order valence-electron chi connectivity index (χ4n) is 2.50. The van der Waals surface area contributed by atoms with Crippen molar-refractivity contribution in [2.45, 2.75) is 40.2 Å². The van der Waals surface area contributed by atoms with Gasteiger partial charge in [-0.25, -0.2) is 0 Å². The lowest BCUT2D eigenvalue weighted by Gasteiger charge is -2.20. The van der Waals surface area contributed by atoms with Crippen LogP contribution in [0.2, 0.25) is 0 Å². The van der Waals surface area contributed by atoms with E-state index < -0.39 is 10.2 Å². The summed E-state index contributed by atoms with van der Waals surface area (Å²) in [6.07, 6.45) is 0.737. The third kappa shape index (κ3) is 3.78. The molecule has 0 saturated heterocycles. The number of carbonyl (C=O) groups excluding carboxylic acids is 1. The highest BCUT2D eigenvalue weighted by Crippen LogP contribution is 2.31. The highest BCUT2D eigenvalue weighted by molar-refractivity contribution is 7.90. The van der Waals surface area contributed by atoms with Crippen molar-refractivity contribution >= 4 is 27.5 Å². The van der Waals surface area contributed by atoms with Gasteiger partial charge in [-0.1, -0.05) is 13.8 Å². The largest absolute Gasteiger partial charge is 0.312 e. The molecule has 1 heterocycles. The number of nitrogens with zero attached hydrogens (tertiary/aromatic N) is 1. The van der Waals surface area contributed by atoms with Crippen LogP contribution in [-0.2, 0) is 21.4 Å². The van der Waals surface area contributed by atoms with Crippen molar-refractivity contribution in [2.75, 3.05) is 16.2 Å². The van der Waals surface area contributed by atoms with E-state index in [0.29, 0.717) is 12.2 Å². The molecule has 7 heteroatoms. The van der Waals surface area contributed by atoms with E-state index in [4.69, 9.17) is 0 Å². The summed E-state index contributed by atoms with van der Waals surface area (Å²) < 4.78 is 28.7. The van der Waals surface area contributed by atoms with Crippen LogP contribution >= 0.6 is 0 Å². The molecule has 6 nitrogen and oxygen atoms in total. The average Bonchev–Trinajstić information content (AvgIpc) is 2.78. The Morgan fingerprint density at radius 1 is 1.23 bits per heavy atom. The number of rotatable bonds is 5. The maximum absolute atomic E-state index is 12.1. The van der Waals surface area contributed by atoms with Crippen molar-refractivity contribution in [1.29, 1.82) is 0 Å². The number of fused-ring (bicyclic) bond motifs is 1. The summed E-state index contributed by atoms with van der Waals surface area (Å²) in [5, 5.41) is 0. The number of hydrogen-bond donors (Lipinski definition) is 2. The van der Waals surface area contributed by atoms with Crippen molar-refractivity contribution in [1.82, 2.24) is 4.72 Å². The van der Waals surface area contributed by atoms with Gasteiger partial charge < -0.3 is 4.90 Å². The predicted octanol–water partition coefficient (Wildman–Crippen LogP) is 1.89. The first-order valence-electron chi connectivity index (χ1n) is 7.44. The zero-order valence-corrected chi connectivity index (χ0v) is 14.2. The smallest absolute Gasteiger partial charge is 0.299 e. The number of hydrogen-bond acceptors (Lipinski definition) is 3. The van der Waals surface area contributed by atoms with Gasteiger partial charge in [-0.2, -0.15) is 13.1 Å². The molecule has 0 atom stereocenters. The van der Waals surface area contributed by atoms with Crippen LogP contribution in [0.4, 0.5) is 11.4 Å². The normalized spacial score (nSPS) is 14.5. The molecule has 122 valence electrons. The number of carbonyl (C=O) groups is 1. The highest BCUT2D eigenvalue weighted by atomic mass is 32.2. The summed E-state index contributed by atoms with van der Waals surface area (Å²) in [6.45, 7) is 7.92. The molecule has 1 aliphatic rings. The zero-order chi connectivity index (χ0) is 16.5. The molecule has 0 aromatic heterocycles. The van der Waals surface area contributed by atoms with E-state index in [1.807, 2.05) is 13.8 Å². The first-order valence-corrected chi connectivity index (χ1v) is 8.92. The SMILES string of the molecule is CC(C)NS(=O)(=O)Nc1ccc2c(c1)CCN2C(=O)C(C)C. The van der Waals surface area contributed by atoms with Crippen LogP contribution < -0.4 is 14.3 Å². The molecule has 0 aliphatic carbocycles. The van der Waals surface area contributed by atoms with Gasteiger partial charge >= 0.3 is 0 Å². The lowest BCUT2D eigenvalue weighted by atomic mass is 10.1. The molecule has 2 N–H and O–H groups in total. The average molecular weight is 325 g/mol. The van der Waals surface area contributed by atoms with Crippen molar-refractivity contribution in [3.05, 3.63) is 23.8 Å². The van der Waals surface area contributed by atoms with Gasteiger partial charge in [0.05, 0.1) is 5.69 Å². The molecule has 0 unspecified atom stereocenters. The number of benzene rings is 1. The molecule has 0 bridgehead atoms. The van der Waals surface area contributed by atoms with Gasteiger partial charge in [0, 0.05) is 24.2 Å². The third-order valence-corrected chi connectivity index (χ3v) is 4.66. The molecule has 1 aromatic rings. The lowest BCUT2D eigenvalue weighted by molar-refractivity contribution is -0.121. The predicted molar refractivity (Wildman–Crippen MR) is 88.2 cm³/mol. The summed E-state index contributed by atoms with van der Waals surface area (Å²) in [4.78, 5) is 13.9. The van der Waals surface area contributed by atoms with E-state index in [9.17, 15) is 13.2 Å². The summed E-state index contributed by atoms with van der Waals surface area (Å²) in [6, 6.07) is 5.11. The molecule has 1 aromatic carbocycles. The van der Waals surface area contributed by atoms with Crippen LogP contribution in [0.1, 0.15) is 33.3 Å². The molecule has 0 fully saturated rings. The Morgan fingerprint density at radius 3 is 2.50 bits per heavy atom. The van der Waals surface area contributed by atoms with Gasteiger partial charge in [-0.3, -0.25) is 9.52 Å². The first-order chi connectivity index (χ1) is 10.2.